The van der Waals surface area contributed by atoms with Crippen molar-refractivity contribution in [2.75, 3.05) is 11.6 Å². The molecule has 1 aliphatic carbocycles. The van der Waals surface area contributed by atoms with E-state index in [2.05, 4.69) is 16.6 Å². The summed E-state index contributed by atoms with van der Waals surface area (Å²) in [6, 6.07) is 3.64. The van der Waals surface area contributed by atoms with E-state index in [1.165, 1.54) is 18.9 Å². The molecule has 1 aliphatic rings. The monoisotopic (exact) mass is 267 g/mol. The van der Waals surface area contributed by atoms with Crippen molar-refractivity contribution >= 4 is 23.3 Å². The molecule has 98 valence electrons. The lowest BCUT2D eigenvalue weighted by molar-refractivity contribution is -0.389. The van der Waals surface area contributed by atoms with Gasteiger partial charge in [-0.05, 0) is 47.9 Å². The third-order valence-corrected chi connectivity index (χ3v) is 4.45. The molecule has 1 aromatic heterocycles. The molecular formula is C12H17N3O2S. The largest absolute Gasteiger partial charge is 0.379 e. The average Bonchev–Trinajstić information content (AvgIpc) is 2.40. The number of pyridine rings is 1. The van der Waals surface area contributed by atoms with E-state index in [4.69, 9.17) is 0 Å². The molecule has 0 amide bonds. The van der Waals surface area contributed by atoms with Crippen LogP contribution in [-0.2, 0) is 0 Å². The lowest BCUT2D eigenvalue weighted by Crippen LogP contribution is -2.27. The van der Waals surface area contributed by atoms with E-state index in [-0.39, 0.29) is 5.82 Å². The standard InChI is InChI=1S/C12H17N3O2S/c1-18-11-5-2-9(3-6-11)14-10-4-7-12(13-8-10)15(16)17/h4,7-9,11,14H,2-3,5-6H2,1H3. The Kier molecular flexibility index (Phi) is 4.41. The van der Waals surface area contributed by atoms with Crippen LogP contribution in [-0.4, -0.2) is 27.5 Å². The zero-order valence-electron chi connectivity index (χ0n) is 10.3. The van der Waals surface area contributed by atoms with Crippen LogP contribution in [0.5, 0.6) is 0 Å². The fourth-order valence-corrected chi connectivity index (χ4v) is 3.00. The molecule has 0 unspecified atom stereocenters. The highest BCUT2D eigenvalue weighted by molar-refractivity contribution is 7.99. The van der Waals surface area contributed by atoms with E-state index in [1.54, 1.807) is 12.3 Å². The van der Waals surface area contributed by atoms with Crippen LogP contribution >= 0.6 is 11.8 Å². The van der Waals surface area contributed by atoms with Crippen LogP contribution in [0, 0.1) is 10.1 Å². The zero-order valence-corrected chi connectivity index (χ0v) is 11.2. The van der Waals surface area contributed by atoms with Gasteiger partial charge in [-0.3, -0.25) is 0 Å². The van der Waals surface area contributed by atoms with Gasteiger partial charge in [0.2, 0.25) is 0 Å². The van der Waals surface area contributed by atoms with Gasteiger partial charge in [0.25, 0.3) is 0 Å². The number of nitro groups is 1. The molecule has 6 heteroatoms. The summed E-state index contributed by atoms with van der Waals surface area (Å²) in [6.45, 7) is 0. The summed E-state index contributed by atoms with van der Waals surface area (Å²) in [6.07, 6.45) is 8.49. The molecule has 1 saturated carbocycles. The molecule has 0 saturated heterocycles. The average molecular weight is 267 g/mol. The van der Waals surface area contributed by atoms with Crippen molar-refractivity contribution in [3.8, 4) is 0 Å². The molecule has 5 nitrogen and oxygen atoms in total. The van der Waals surface area contributed by atoms with E-state index in [9.17, 15) is 10.1 Å². The van der Waals surface area contributed by atoms with Gasteiger partial charge >= 0.3 is 5.82 Å². The molecule has 1 N–H and O–H groups in total. The Bertz CT molecular complexity index is 402. The topological polar surface area (TPSA) is 68.1 Å². The molecule has 0 radical (unpaired) electrons. The van der Waals surface area contributed by atoms with Crippen LogP contribution < -0.4 is 5.32 Å². The van der Waals surface area contributed by atoms with Gasteiger partial charge in [0.05, 0.1) is 5.69 Å². The highest BCUT2D eigenvalue weighted by Gasteiger charge is 2.20. The maximum atomic E-state index is 10.5. The van der Waals surface area contributed by atoms with Gasteiger partial charge in [0, 0.05) is 17.4 Å². The zero-order chi connectivity index (χ0) is 13.0. The van der Waals surface area contributed by atoms with E-state index >= 15 is 0 Å². The molecular weight excluding hydrogens is 250 g/mol. The molecule has 0 bridgehead atoms. The van der Waals surface area contributed by atoms with Crippen LogP contribution in [0.2, 0.25) is 0 Å². The molecule has 0 aromatic carbocycles. The fraction of sp³-hybridized carbons (Fsp3) is 0.583. The van der Waals surface area contributed by atoms with Crippen molar-refractivity contribution in [1.82, 2.24) is 4.98 Å². The van der Waals surface area contributed by atoms with Gasteiger partial charge in [-0.1, -0.05) is 0 Å². The van der Waals surface area contributed by atoms with Crippen LogP contribution in [0.4, 0.5) is 11.5 Å². The minimum Gasteiger partial charge on any atom is -0.379 e. The third-order valence-electron chi connectivity index (χ3n) is 3.31. The predicted octanol–water partition coefficient (Wildman–Crippen LogP) is 3.08. The first-order chi connectivity index (χ1) is 8.69. The van der Waals surface area contributed by atoms with Crippen LogP contribution in [0.3, 0.4) is 0 Å². The van der Waals surface area contributed by atoms with E-state index in [1.807, 2.05) is 11.8 Å². The van der Waals surface area contributed by atoms with Crippen molar-refractivity contribution in [2.24, 2.45) is 0 Å². The fourth-order valence-electron chi connectivity index (χ4n) is 2.26. The first-order valence-electron chi connectivity index (χ1n) is 6.09. The van der Waals surface area contributed by atoms with Gasteiger partial charge in [0.15, 0.2) is 6.20 Å². The lowest BCUT2D eigenvalue weighted by Gasteiger charge is -2.28. The second-order valence-corrected chi connectivity index (χ2v) is 5.65. The summed E-state index contributed by atoms with van der Waals surface area (Å²) in [5.74, 6) is -0.105. The molecule has 0 spiro atoms. The van der Waals surface area contributed by atoms with Gasteiger partial charge in [0.1, 0.15) is 0 Å². The van der Waals surface area contributed by atoms with Crippen molar-refractivity contribution in [2.45, 2.75) is 37.0 Å². The summed E-state index contributed by atoms with van der Waals surface area (Å²) < 4.78 is 0. The normalized spacial score (nSPS) is 23.6. The molecule has 1 heterocycles. The Morgan fingerprint density at radius 2 is 2.11 bits per heavy atom. The molecule has 1 aromatic rings. The maximum absolute atomic E-state index is 10.5. The van der Waals surface area contributed by atoms with Crippen molar-refractivity contribution in [3.05, 3.63) is 28.4 Å². The highest BCUT2D eigenvalue weighted by Crippen LogP contribution is 2.28. The van der Waals surface area contributed by atoms with Gasteiger partial charge in [-0.2, -0.15) is 11.8 Å². The quantitative estimate of drug-likeness (QED) is 0.670. The van der Waals surface area contributed by atoms with Crippen LogP contribution in [0.25, 0.3) is 0 Å². The Morgan fingerprint density at radius 1 is 1.39 bits per heavy atom. The lowest BCUT2D eigenvalue weighted by atomic mass is 9.95. The number of nitrogens with one attached hydrogen (secondary N) is 1. The first-order valence-corrected chi connectivity index (χ1v) is 7.37. The van der Waals surface area contributed by atoms with Crippen LogP contribution in [0.15, 0.2) is 18.3 Å². The molecule has 1 fully saturated rings. The second kappa shape index (κ2) is 6.04. The SMILES string of the molecule is CSC1CCC(Nc2ccc([N+](=O)[O-])nc2)CC1. The summed E-state index contributed by atoms with van der Waals surface area (Å²) in [7, 11) is 0. The minimum atomic E-state index is -0.479. The number of rotatable bonds is 4. The highest BCUT2D eigenvalue weighted by atomic mass is 32.2. The number of hydrogen-bond donors (Lipinski definition) is 1. The van der Waals surface area contributed by atoms with Crippen molar-refractivity contribution < 1.29 is 4.92 Å². The summed E-state index contributed by atoms with van der Waals surface area (Å²) >= 11 is 1.94. The number of thioether (sulfide) groups is 1. The predicted molar refractivity (Wildman–Crippen MR) is 74.1 cm³/mol. The van der Waals surface area contributed by atoms with Gasteiger partial charge in [-0.15, -0.1) is 0 Å². The van der Waals surface area contributed by atoms with Crippen LogP contribution in [0.1, 0.15) is 25.7 Å². The van der Waals surface area contributed by atoms with Crippen molar-refractivity contribution in [1.29, 1.82) is 0 Å². The smallest absolute Gasteiger partial charge is 0.363 e. The summed E-state index contributed by atoms with van der Waals surface area (Å²) in [5.41, 5.74) is 0.869. The Morgan fingerprint density at radius 3 is 2.61 bits per heavy atom. The second-order valence-electron chi connectivity index (χ2n) is 4.52. The minimum absolute atomic E-state index is 0.105. The third kappa shape index (κ3) is 3.35. The molecule has 2 rings (SSSR count). The van der Waals surface area contributed by atoms with E-state index in [0.29, 0.717) is 6.04 Å². The van der Waals surface area contributed by atoms with E-state index < -0.39 is 4.92 Å². The summed E-state index contributed by atoms with van der Waals surface area (Å²) in [4.78, 5) is 13.8. The van der Waals surface area contributed by atoms with Gasteiger partial charge in [-0.25, -0.2) is 0 Å². The van der Waals surface area contributed by atoms with Crippen molar-refractivity contribution in [3.63, 3.8) is 0 Å². The number of hydrogen-bond acceptors (Lipinski definition) is 5. The molecule has 0 aliphatic heterocycles. The Labute approximate surface area is 111 Å². The number of aromatic nitrogens is 1. The number of anilines is 1. The Hall–Kier alpha value is -1.30. The number of nitrogens with zero attached hydrogens (tertiary/aromatic N) is 2. The maximum Gasteiger partial charge on any atom is 0.363 e. The van der Waals surface area contributed by atoms with E-state index in [0.717, 1.165) is 23.8 Å². The molecule has 18 heavy (non-hydrogen) atoms. The molecule has 0 atom stereocenters. The van der Waals surface area contributed by atoms with Gasteiger partial charge < -0.3 is 15.4 Å². The summed E-state index contributed by atoms with van der Waals surface area (Å²) in [5, 5.41) is 14.7. The first kappa shape index (κ1) is 13.1. The Balaban J connectivity index is 1.88.